The number of benzene rings is 1. The first-order chi connectivity index (χ1) is 11.5. The molecule has 6 nitrogen and oxygen atoms in total. The van der Waals surface area contributed by atoms with Crippen molar-refractivity contribution >= 4 is 29.4 Å². The fourth-order valence-corrected chi connectivity index (χ4v) is 3.36. The van der Waals surface area contributed by atoms with Crippen molar-refractivity contribution in [2.45, 2.75) is 25.5 Å². The number of hydrogen-bond donors (Lipinski definition) is 1. The monoisotopic (exact) mass is 344 g/mol. The third-order valence-corrected chi connectivity index (χ3v) is 4.57. The Hall–Kier alpha value is -2.59. The third-order valence-electron chi connectivity index (χ3n) is 3.37. The predicted molar refractivity (Wildman–Crippen MR) is 88.9 cm³/mol. The van der Waals surface area contributed by atoms with Crippen molar-refractivity contribution in [3.8, 4) is 6.07 Å². The van der Waals surface area contributed by atoms with Crippen LogP contribution >= 0.6 is 11.8 Å². The number of esters is 1. The van der Waals surface area contributed by atoms with Crippen molar-refractivity contribution < 1.29 is 19.1 Å². The molecule has 2 rings (SSSR count). The summed E-state index contributed by atoms with van der Waals surface area (Å²) in [6.07, 6.45) is 0.430. The molecule has 0 saturated carbocycles. The largest absolute Gasteiger partial charge is 0.462 e. The summed E-state index contributed by atoms with van der Waals surface area (Å²) < 4.78 is 4.92. The highest BCUT2D eigenvalue weighted by Crippen LogP contribution is 2.31. The van der Waals surface area contributed by atoms with Gasteiger partial charge in [0.25, 0.3) is 0 Å². The van der Waals surface area contributed by atoms with Crippen LogP contribution in [0, 0.1) is 11.3 Å². The Morgan fingerprint density at radius 1 is 1.33 bits per heavy atom. The Morgan fingerprint density at radius 2 is 2.00 bits per heavy atom. The van der Waals surface area contributed by atoms with Crippen LogP contribution in [0.15, 0.2) is 34.9 Å². The van der Waals surface area contributed by atoms with Crippen LogP contribution in [0.1, 0.15) is 29.8 Å². The highest BCUT2D eigenvalue weighted by molar-refractivity contribution is 8.04. The molecule has 1 atom stereocenters. The Kier molecular flexibility index (Phi) is 5.77. The Labute approximate surface area is 143 Å². The van der Waals surface area contributed by atoms with Gasteiger partial charge in [-0.05, 0) is 38.0 Å². The van der Waals surface area contributed by atoms with Crippen LogP contribution in [-0.4, -0.2) is 29.5 Å². The summed E-state index contributed by atoms with van der Waals surface area (Å²) in [5.74, 6) is -0.999. The summed E-state index contributed by atoms with van der Waals surface area (Å²) >= 11 is 1.18. The second-order valence-electron chi connectivity index (χ2n) is 5.09. The lowest BCUT2D eigenvalue weighted by Crippen LogP contribution is -2.24. The normalized spacial score (nSPS) is 18.5. The molecule has 1 heterocycles. The lowest BCUT2D eigenvalue weighted by atomic mass is 10.1. The van der Waals surface area contributed by atoms with E-state index in [1.807, 2.05) is 6.07 Å². The minimum atomic E-state index is -0.420. The molecule has 1 aliphatic heterocycles. The minimum absolute atomic E-state index is 0.0338. The summed E-state index contributed by atoms with van der Waals surface area (Å²) in [4.78, 5) is 35.0. The van der Waals surface area contributed by atoms with E-state index in [0.717, 1.165) is 5.56 Å². The quantitative estimate of drug-likeness (QED) is 0.498. The van der Waals surface area contributed by atoms with Gasteiger partial charge in [-0.3, -0.25) is 9.59 Å². The predicted octanol–water partition coefficient (Wildman–Crippen LogP) is 1.96. The van der Waals surface area contributed by atoms with E-state index < -0.39 is 5.25 Å². The molecule has 1 saturated heterocycles. The molecule has 1 aliphatic rings. The summed E-state index contributed by atoms with van der Waals surface area (Å²) in [5.41, 5.74) is 1.29. The van der Waals surface area contributed by atoms with E-state index in [1.165, 1.54) is 18.7 Å². The number of allylic oxidation sites excluding steroid dienone is 1. The molecule has 24 heavy (non-hydrogen) atoms. The zero-order chi connectivity index (χ0) is 17.7. The summed E-state index contributed by atoms with van der Waals surface area (Å²) in [5, 5.41) is 11.5. The highest BCUT2D eigenvalue weighted by atomic mass is 32.2. The number of nitrogens with zero attached hydrogens (tertiary/aromatic N) is 1. The van der Waals surface area contributed by atoms with Crippen LogP contribution in [0.5, 0.6) is 0 Å². The maximum atomic E-state index is 12.0. The molecule has 0 radical (unpaired) electrons. The van der Waals surface area contributed by atoms with Gasteiger partial charge >= 0.3 is 5.97 Å². The molecule has 1 N–H and O–H groups in total. The van der Waals surface area contributed by atoms with Crippen molar-refractivity contribution in [1.82, 2.24) is 5.32 Å². The van der Waals surface area contributed by atoms with Gasteiger partial charge in [-0.2, -0.15) is 5.26 Å². The molecule has 1 aromatic carbocycles. The molecule has 1 amide bonds. The lowest BCUT2D eigenvalue weighted by molar-refractivity contribution is -0.119. The molecule has 0 aromatic heterocycles. The van der Waals surface area contributed by atoms with Gasteiger partial charge in [0.1, 0.15) is 11.6 Å². The average Bonchev–Trinajstić information content (AvgIpc) is 2.89. The molecule has 0 unspecified atom stereocenters. The van der Waals surface area contributed by atoms with Crippen LogP contribution in [-0.2, 0) is 20.7 Å². The SMILES string of the molecule is CCOC(=O)c1ccc(C[C@@H]2S/C(=C(\C#N)C(C)=O)NC2=O)cc1. The van der Waals surface area contributed by atoms with Crippen LogP contribution in [0.25, 0.3) is 0 Å². The van der Waals surface area contributed by atoms with E-state index in [4.69, 9.17) is 10.00 Å². The molecule has 1 aromatic rings. The van der Waals surface area contributed by atoms with Crippen LogP contribution in [0.3, 0.4) is 0 Å². The van der Waals surface area contributed by atoms with E-state index in [1.54, 1.807) is 31.2 Å². The molecule has 1 fully saturated rings. The molecule has 0 aliphatic carbocycles. The standard InChI is InChI=1S/C17H16N2O4S/c1-3-23-17(22)12-6-4-11(5-7-12)8-14-15(21)19-16(24-14)13(9-18)10(2)20/h4-7,14H,3,8H2,1-2H3,(H,19,21)/b16-13+/t14-/m0/s1. The van der Waals surface area contributed by atoms with E-state index in [-0.39, 0.29) is 23.2 Å². The van der Waals surface area contributed by atoms with Gasteiger partial charge in [0.05, 0.1) is 22.4 Å². The van der Waals surface area contributed by atoms with Gasteiger partial charge in [0.2, 0.25) is 5.91 Å². The van der Waals surface area contributed by atoms with E-state index in [9.17, 15) is 14.4 Å². The van der Waals surface area contributed by atoms with E-state index in [2.05, 4.69) is 5.32 Å². The number of amides is 1. The maximum Gasteiger partial charge on any atom is 0.338 e. The van der Waals surface area contributed by atoms with E-state index >= 15 is 0 Å². The number of nitriles is 1. The summed E-state index contributed by atoms with van der Waals surface area (Å²) in [7, 11) is 0. The van der Waals surface area contributed by atoms with Gasteiger partial charge in [-0.25, -0.2) is 4.79 Å². The van der Waals surface area contributed by atoms with Gasteiger partial charge in [0.15, 0.2) is 5.78 Å². The molecule has 0 spiro atoms. The maximum absolute atomic E-state index is 12.0. The lowest BCUT2D eigenvalue weighted by Gasteiger charge is -2.07. The van der Waals surface area contributed by atoms with Gasteiger partial charge < -0.3 is 10.1 Å². The van der Waals surface area contributed by atoms with Gasteiger partial charge in [-0.15, -0.1) is 0 Å². The van der Waals surface area contributed by atoms with Crippen molar-refractivity contribution in [1.29, 1.82) is 5.26 Å². The first-order valence-corrected chi connectivity index (χ1v) is 8.23. The van der Waals surface area contributed by atoms with Crippen molar-refractivity contribution in [3.05, 3.63) is 46.0 Å². The minimum Gasteiger partial charge on any atom is -0.462 e. The Balaban J connectivity index is 2.09. The number of ether oxygens (including phenoxy) is 1. The molecule has 124 valence electrons. The molecule has 7 heteroatoms. The van der Waals surface area contributed by atoms with Crippen molar-refractivity contribution in [2.24, 2.45) is 0 Å². The van der Waals surface area contributed by atoms with Crippen LogP contribution in [0.2, 0.25) is 0 Å². The first kappa shape index (κ1) is 17.8. The number of rotatable bonds is 5. The van der Waals surface area contributed by atoms with Crippen molar-refractivity contribution in [2.75, 3.05) is 6.61 Å². The topological polar surface area (TPSA) is 96.3 Å². The fraction of sp³-hybridized carbons (Fsp3) is 0.294. The summed E-state index contributed by atoms with van der Waals surface area (Å²) in [6.45, 7) is 3.34. The molecular formula is C17H16N2O4S. The number of carbonyl (C=O) groups excluding carboxylic acids is 3. The number of Topliss-reactive ketones (excluding diaryl/α,β-unsaturated/α-hetero) is 1. The zero-order valence-electron chi connectivity index (χ0n) is 13.3. The van der Waals surface area contributed by atoms with Crippen molar-refractivity contribution in [3.63, 3.8) is 0 Å². The van der Waals surface area contributed by atoms with Crippen LogP contribution in [0.4, 0.5) is 0 Å². The Bertz CT molecular complexity index is 747. The molecule has 0 bridgehead atoms. The smallest absolute Gasteiger partial charge is 0.338 e. The number of carbonyl (C=O) groups is 3. The molecular weight excluding hydrogens is 328 g/mol. The third kappa shape index (κ3) is 4.03. The fourth-order valence-electron chi connectivity index (χ4n) is 2.17. The average molecular weight is 344 g/mol. The highest BCUT2D eigenvalue weighted by Gasteiger charge is 2.32. The number of hydrogen-bond acceptors (Lipinski definition) is 6. The second-order valence-corrected chi connectivity index (χ2v) is 6.30. The summed E-state index contributed by atoms with van der Waals surface area (Å²) in [6, 6.07) is 8.65. The second kappa shape index (κ2) is 7.79. The Morgan fingerprint density at radius 3 is 2.54 bits per heavy atom. The number of nitrogens with one attached hydrogen (secondary N) is 1. The van der Waals surface area contributed by atoms with Gasteiger partial charge in [0, 0.05) is 0 Å². The van der Waals surface area contributed by atoms with E-state index in [0.29, 0.717) is 23.6 Å². The van der Waals surface area contributed by atoms with Gasteiger partial charge in [-0.1, -0.05) is 23.9 Å². The number of ketones is 1. The van der Waals surface area contributed by atoms with Crippen LogP contribution < -0.4 is 5.32 Å². The number of thioether (sulfide) groups is 1. The zero-order valence-corrected chi connectivity index (χ0v) is 14.1. The first-order valence-electron chi connectivity index (χ1n) is 7.35.